The fourth-order valence-electron chi connectivity index (χ4n) is 1.65. The highest BCUT2D eigenvalue weighted by atomic mass is 16.1. The van der Waals surface area contributed by atoms with Crippen LogP contribution in [0.4, 0.5) is 0 Å². The minimum absolute atomic E-state index is 0.152. The molecule has 0 aromatic carbocycles. The summed E-state index contributed by atoms with van der Waals surface area (Å²) in [7, 11) is 1.56. The number of carbonyl (C=O) groups is 1. The summed E-state index contributed by atoms with van der Waals surface area (Å²) in [5.41, 5.74) is 7.11. The number of hydrogen-bond donors (Lipinski definition) is 2. The zero-order valence-corrected chi connectivity index (χ0v) is 10.3. The van der Waals surface area contributed by atoms with Gasteiger partial charge in [-0.05, 0) is 19.1 Å². The van der Waals surface area contributed by atoms with E-state index in [1.54, 1.807) is 30.2 Å². The average molecular weight is 245 g/mol. The maximum atomic E-state index is 11.4. The van der Waals surface area contributed by atoms with Crippen LogP contribution in [0.2, 0.25) is 0 Å². The lowest BCUT2D eigenvalue weighted by molar-refractivity contribution is 0.0957. The third-order valence-corrected chi connectivity index (χ3v) is 2.57. The van der Waals surface area contributed by atoms with Crippen LogP contribution in [0.15, 0.2) is 30.6 Å². The highest BCUT2D eigenvalue weighted by molar-refractivity contribution is 5.91. The molecule has 0 fully saturated rings. The molecule has 2 aromatic heterocycles. The lowest BCUT2D eigenvalue weighted by Crippen LogP contribution is -2.19. The highest BCUT2D eigenvalue weighted by Gasteiger charge is 2.13. The second-order valence-corrected chi connectivity index (χ2v) is 3.93. The number of nitrogens with one attached hydrogen (secondary N) is 1. The maximum absolute atomic E-state index is 11.4. The van der Waals surface area contributed by atoms with Gasteiger partial charge in [0.1, 0.15) is 0 Å². The van der Waals surface area contributed by atoms with Crippen LogP contribution in [-0.4, -0.2) is 27.7 Å². The van der Waals surface area contributed by atoms with E-state index < -0.39 is 0 Å². The Bertz CT molecular complexity index is 561. The summed E-state index contributed by atoms with van der Waals surface area (Å²) in [5.74, 6) is 0.412. The summed E-state index contributed by atoms with van der Waals surface area (Å²) in [4.78, 5) is 15.7. The van der Waals surface area contributed by atoms with Crippen LogP contribution in [0.5, 0.6) is 0 Å². The van der Waals surface area contributed by atoms with Gasteiger partial charge in [-0.1, -0.05) is 6.07 Å². The highest BCUT2D eigenvalue weighted by Crippen LogP contribution is 2.16. The number of aromatic nitrogens is 3. The van der Waals surface area contributed by atoms with Crippen molar-refractivity contribution in [1.82, 2.24) is 20.1 Å². The molecule has 0 aliphatic heterocycles. The van der Waals surface area contributed by atoms with Crippen LogP contribution in [-0.2, 0) is 0 Å². The largest absolute Gasteiger partial charge is 0.354 e. The van der Waals surface area contributed by atoms with E-state index >= 15 is 0 Å². The van der Waals surface area contributed by atoms with Crippen molar-refractivity contribution >= 4 is 5.91 Å². The molecule has 0 spiro atoms. The number of rotatable bonds is 3. The molecule has 0 radical (unpaired) electrons. The third kappa shape index (κ3) is 2.23. The molecule has 0 aliphatic rings. The lowest BCUT2D eigenvalue weighted by Gasteiger charge is -2.10. The standard InChI is InChI=1S/C12H15N5O/c1-8(13)9-4-3-6-15-11(9)17-7-5-10(16-17)12(18)14-2/h3-8H,13H2,1-2H3,(H,14,18)/t8-/m0/s1. The molecule has 6 nitrogen and oxygen atoms in total. The van der Waals surface area contributed by atoms with E-state index in [2.05, 4.69) is 15.4 Å². The second kappa shape index (κ2) is 4.97. The molecule has 0 saturated heterocycles. The second-order valence-electron chi connectivity index (χ2n) is 3.93. The van der Waals surface area contributed by atoms with Crippen molar-refractivity contribution in [2.24, 2.45) is 5.73 Å². The first-order chi connectivity index (χ1) is 8.63. The van der Waals surface area contributed by atoms with E-state index in [1.165, 1.54) is 0 Å². The fraction of sp³-hybridized carbons (Fsp3) is 0.250. The van der Waals surface area contributed by atoms with Gasteiger partial charge >= 0.3 is 0 Å². The van der Waals surface area contributed by atoms with Gasteiger partial charge in [-0.15, -0.1) is 0 Å². The van der Waals surface area contributed by atoms with E-state index in [0.29, 0.717) is 11.5 Å². The Morgan fingerprint density at radius 3 is 2.94 bits per heavy atom. The van der Waals surface area contributed by atoms with Crippen LogP contribution < -0.4 is 11.1 Å². The number of nitrogens with zero attached hydrogens (tertiary/aromatic N) is 3. The molecule has 0 unspecified atom stereocenters. The molecule has 94 valence electrons. The Labute approximate surface area is 105 Å². The van der Waals surface area contributed by atoms with Crippen LogP contribution in [0.3, 0.4) is 0 Å². The summed E-state index contributed by atoms with van der Waals surface area (Å²) < 4.78 is 1.56. The van der Waals surface area contributed by atoms with Crippen molar-refractivity contribution in [3.8, 4) is 5.82 Å². The maximum Gasteiger partial charge on any atom is 0.271 e. The Morgan fingerprint density at radius 2 is 2.28 bits per heavy atom. The minimum Gasteiger partial charge on any atom is -0.354 e. The van der Waals surface area contributed by atoms with E-state index in [9.17, 15) is 4.79 Å². The average Bonchev–Trinajstić information content (AvgIpc) is 2.87. The van der Waals surface area contributed by atoms with Crippen LogP contribution in [0, 0.1) is 0 Å². The van der Waals surface area contributed by atoms with Crippen LogP contribution >= 0.6 is 0 Å². The predicted molar refractivity (Wildman–Crippen MR) is 67.4 cm³/mol. The summed E-state index contributed by atoms with van der Waals surface area (Å²) in [5, 5.41) is 6.70. The topological polar surface area (TPSA) is 85.8 Å². The van der Waals surface area contributed by atoms with Gasteiger partial charge in [0.25, 0.3) is 5.91 Å². The van der Waals surface area contributed by atoms with Crippen molar-refractivity contribution < 1.29 is 4.79 Å². The molecule has 18 heavy (non-hydrogen) atoms. The van der Waals surface area contributed by atoms with E-state index in [1.807, 2.05) is 19.1 Å². The Kier molecular flexibility index (Phi) is 3.38. The van der Waals surface area contributed by atoms with E-state index in [-0.39, 0.29) is 11.9 Å². The first kappa shape index (κ1) is 12.3. The van der Waals surface area contributed by atoms with Crippen molar-refractivity contribution in [2.45, 2.75) is 13.0 Å². The number of hydrogen-bond acceptors (Lipinski definition) is 4. The summed E-state index contributed by atoms with van der Waals surface area (Å²) in [6, 6.07) is 5.21. The molecule has 0 bridgehead atoms. The first-order valence-electron chi connectivity index (χ1n) is 5.62. The molecule has 2 aromatic rings. The van der Waals surface area contributed by atoms with Gasteiger partial charge in [-0.3, -0.25) is 4.79 Å². The van der Waals surface area contributed by atoms with Gasteiger partial charge in [0.15, 0.2) is 11.5 Å². The van der Waals surface area contributed by atoms with Gasteiger partial charge in [0.05, 0.1) is 0 Å². The molecule has 6 heteroatoms. The van der Waals surface area contributed by atoms with Gasteiger partial charge < -0.3 is 11.1 Å². The molecule has 2 heterocycles. The van der Waals surface area contributed by atoms with Crippen molar-refractivity contribution in [2.75, 3.05) is 7.05 Å². The smallest absolute Gasteiger partial charge is 0.271 e. The quantitative estimate of drug-likeness (QED) is 0.831. The van der Waals surface area contributed by atoms with Crippen molar-refractivity contribution in [1.29, 1.82) is 0 Å². The van der Waals surface area contributed by atoms with Gasteiger partial charge in [0, 0.05) is 31.0 Å². The van der Waals surface area contributed by atoms with Crippen molar-refractivity contribution in [3.63, 3.8) is 0 Å². The Hall–Kier alpha value is -2.21. The molecular formula is C12H15N5O. The Balaban J connectivity index is 2.43. The monoisotopic (exact) mass is 245 g/mol. The van der Waals surface area contributed by atoms with E-state index in [0.717, 1.165) is 5.56 Å². The normalized spacial score (nSPS) is 12.2. The molecule has 3 N–H and O–H groups in total. The number of nitrogens with two attached hydrogens (primary N) is 1. The van der Waals surface area contributed by atoms with Gasteiger partial charge in [-0.25, -0.2) is 9.67 Å². The summed E-state index contributed by atoms with van der Waals surface area (Å²) in [6.07, 6.45) is 3.36. The molecule has 1 atom stereocenters. The number of carbonyl (C=O) groups excluding carboxylic acids is 1. The van der Waals surface area contributed by atoms with Crippen molar-refractivity contribution in [3.05, 3.63) is 41.9 Å². The summed E-state index contributed by atoms with van der Waals surface area (Å²) in [6.45, 7) is 1.88. The molecule has 1 amide bonds. The zero-order valence-electron chi connectivity index (χ0n) is 10.3. The van der Waals surface area contributed by atoms with E-state index in [4.69, 9.17) is 5.73 Å². The molecule has 2 rings (SSSR count). The first-order valence-corrected chi connectivity index (χ1v) is 5.62. The minimum atomic E-state index is -0.230. The number of pyridine rings is 1. The fourth-order valence-corrected chi connectivity index (χ4v) is 1.65. The Morgan fingerprint density at radius 1 is 1.50 bits per heavy atom. The SMILES string of the molecule is CNC(=O)c1ccn(-c2ncccc2[C@H](C)N)n1. The molecule has 0 aliphatic carbocycles. The summed E-state index contributed by atoms with van der Waals surface area (Å²) >= 11 is 0. The van der Waals surface area contributed by atoms with Crippen LogP contribution in [0.1, 0.15) is 29.0 Å². The molecular weight excluding hydrogens is 230 g/mol. The lowest BCUT2D eigenvalue weighted by atomic mass is 10.1. The predicted octanol–water partition coefficient (Wildman–Crippen LogP) is 0.647. The number of amides is 1. The zero-order chi connectivity index (χ0) is 13.1. The van der Waals surface area contributed by atoms with Gasteiger partial charge in [-0.2, -0.15) is 5.10 Å². The van der Waals surface area contributed by atoms with Crippen LogP contribution in [0.25, 0.3) is 5.82 Å². The van der Waals surface area contributed by atoms with Gasteiger partial charge in [0.2, 0.25) is 0 Å². The molecule has 0 saturated carbocycles. The third-order valence-electron chi connectivity index (χ3n) is 2.57.